The van der Waals surface area contributed by atoms with Gasteiger partial charge in [0.1, 0.15) is 5.69 Å². The van der Waals surface area contributed by atoms with Crippen molar-refractivity contribution in [1.29, 1.82) is 0 Å². The molecule has 0 aromatic carbocycles. The molecule has 0 aliphatic heterocycles. The minimum atomic E-state index is 0.161. The van der Waals surface area contributed by atoms with Gasteiger partial charge < -0.3 is 10.3 Å². The summed E-state index contributed by atoms with van der Waals surface area (Å²) in [5.74, 6) is 2.62. The molecule has 0 saturated heterocycles. The standard InChI is InChI=1S/C13H15N5O/c14-11-8-2-1-7(5-8)10(11)13-17-12(18-19-13)9-6-15-3-4-16-9/h3-4,6-8,10-11H,1-2,5,14H2. The number of hydrogen-bond donors (Lipinski definition) is 1. The molecule has 4 rings (SSSR count). The summed E-state index contributed by atoms with van der Waals surface area (Å²) in [4.78, 5) is 12.7. The van der Waals surface area contributed by atoms with Gasteiger partial charge in [0.25, 0.3) is 0 Å². The van der Waals surface area contributed by atoms with Crippen molar-refractivity contribution >= 4 is 0 Å². The zero-order chi connectivity index (χ0) is 12.8. The second-order valence-electron chi connectivity index (χ2n) is 5.48. The highest BCUT2D eigenvalue weighted by Gasteiger charge is 2.48. The molecule has 0 amide bonds. The van der Waals surface area contributed by atoms with E-state index in [1.54, 1.807) is 18.6 Å². The van der Waals surface area contributed by atoms with Crippen molar-refractivity contribution in [3.05, 3.63) is 24.5 Å². The predicted molar refractivity (Wildman–Crippen MR) is 66.9 cm³/mol. The Morgan fingerprint density at radius 3 is 2.84 bits per heavy atom. The molecule has 6 nitrogen and oxygen atoms in total. The molecule has 6 heteroatoms. The molecule has 0 radical (unpaired) electrons. The van der Waals surface area contributed by atoms with Gasteiger partial charge in [-0.1, -0.05) is 5.16 Å². The lowest BCUT2D eigenvalue weighted by atomic mass is 9.85. The Bertz CT molecular complexity index is 582. The van der Waals surface area contributed by atoms with Crippen LogP contribution >= 0.6 is 0 Å². The van der Waals surface area contributed by atoms with E-state index in [2.05, 4.69) is 20.1 Å². The lowest BCUT2D eigenvalue weighted by molar-refractivity contribution is 0.279. The van der Waals surface area contributed by atoms with Gasteiger partial charge in [-0.05, 0) is 31.1 Å². The molecule has 2 saturated carbocycles. The summed E-state index contributed by atoms with van der Waals surface area (Å²) in [5.41, 5.74) is 6.92. The number of aromatic nitrogens is 4. The van der Waals surface area contributed by atoms with E-state index in [1.807, 2.05) is 0 Å². The van der Waals surface area contributed by atoms with Crippen molar-refractivity contribution in [3.63, 3.8) is 0 Å². The molecule has 2 aliphatic rings. The predicted octanol–water partition coefficient (Wildman–Crippen LogP) is 1.37. The van der Waals surface area contributed by atoms with Gasteiger partial charge in [-0.3, -0.25) is 4.98 Å². The second kappa shape index (κ2) is 4.09. The average molecular weight is 257 g/mol. The highest BCUT2D eigenvalue weighted by atomic mass is 16.5. The minimum absolute atomic E-state index is 0.161. The van der Waals surface area contributed by atoms with Crippen molar-refractivity contribution in [2.45, 2.75) is 31.2 Å². The number of fused-ring (bicyclic) bond motifs is 2. The summed E-state index contributed by atoms with van der Waals surface area (Å²) >= 11 is 0. The summed E-state index contributed by atoms with van der Waals surface area (Å²) < 4.78 is 5.42. The SMILES string of the molecule is NC1C2CCC(C2)C1c1nc(-c2cnccn2)no1. The maximum atomic E-state index is 6.29. The van der Waals surface area contributed by atoms with Gasteiger partial charge in [-0.25, -0.2) is 4.98 Å². The quantitative estimate of drug-likeness (QED) is 0.873. The monoisotopic (exact) mass is 257 g/mol. The third kappa shape index (κ3) is 1.67. The maximum absolute atomic E-state index is 6.29. The number of nitrogens with two attached hydrogens (primary N) is 1. The fourth-order valence-corrected chi connectivity index (χ4v) is 3.59. The van der Waals surface area contributed by atoms with E-state index < -0.39 is 0 Å². The van der Waals surface area contributed by atoms with Crippen LogP contribution in [0.4, 0.5) is 0 Å². The fraction of sp³-hybridized carbons (Fsp3) is 0.538. The van der Waals surface area contributed by atoms with Gasteiger partial charge in [0, 0.05) is 18.4 Å². The van der Waals surface area contributed by atoms with Crippen LogP contribution in [0.2, 0.25) is 0 Å². The van der Waals surface area contributed by atoms with E-state index in [1.165, 1.54) is 19.3 Å². The Balaban J connectivity index is 1.65. The Labute approximate surface area is 110 Å². The first-order valence-corrected chi connectivity index (χ1v) is 6.68. The molecule has 4 unspecified atom stereocenters. The minimum Gasteiger partial charge on any atom is -0.339 e. The van der Waals surface area contributed by atoms with E-state index in [4.69, 9.17) is 10.3 Å². The van der Waals surface area contributed by atoms with Gasteiger partial charge in [0.15, 0.2) is 0 Å². The Kier molecular flexibility index (Phi) is 2.38. The molecular weight excluding hydrogens is 242 g/mol. The summed E-state index contributed by atoms with van der Waals surface area (Å²) in [7, 11) is 0. The molecule has 2 aliphatic carbocycles. The van der Waals surface area contributed by atoms with Crippen molar-refractivity contribution < 1.29 is 4.52 Å². The Morgan fingerprint density at radius 1 is 1.21 bits per heavy atom. The van der Waals surface area contributed by atoms with E-state index in [-0.39, 0.29) is 12.0 Å². The van der Waals surface area contributed by atoms with Crippen LogP contribution in [-0.2, 0) is 0 Å². The van der Waals surface area contributed by atoms with Crippen molar-refractivity contribution in [2.75, 3.05) is 0 Å². The molecule has 19 heavy (non-hydrogen) atoms. The zero-order valence-electron chi connectivity index (χ0n) is 10.4. The third-order valence-corrected chi connectivity index (χ3v) is 4.50. The molecule has 2 N–H and O–H groups in total. The highest BCUT2D eigenvalue weighted by molar-refractivity contribution is 5.45. The van der Waals surface area contributed by atoms with Gasteiger partial charge >= 0.3 is 0 Å². The van der Waals surface area contributed by atoms with Crippen molar-refractivity contribution in [1.82, 2.24) is 20.1 Å². The lowest BCUT2D eigenvalue weighted by Gasteiger charge is -2.24. The molecule has 2 aromatic rings. The number of nitrogens with zero attached hydrogens (tertiary/aromatic N) is 4. The largest absolute Gasteiger partial charge is 0.339 e. The third-order valence-electron chi connectivity index (χ3n) is 4.50. The highest BCUT2D eigenvalue weighted by Crippen LogP contribution is 2.51. The van der Waals surface area contributed by atoms with E-state index in [0.717, 1.165) is 0 Å². The van der Waals surface area contributed by atoms with Gasteiger partial charge in [0.2, 0.25) is 11.7 Å². The second-order valence-corrected chi connectivity index (χ2v) is 5.48. The normalized spacial score (nSPS) is 32.9. The van der Waals surface area contributed by atoms with Crippen LogP contribution in [0, 0.1) is 11.8 Å². The van der Waals surface area contributed by atoms with Crippen molar-refractivity contribution in [2.24, 2.45) is 17.6 Å². The van der Waals surface area contributed by atoms with E-state index in [0.29, 0.717) is 29.2 Å². The molecule has 98 valence electrons. The van der Waals surface area contributed by atoms with Gasteiger partial charge in [-0.2, -0.15) is 4.98 Å². The zero-order valence-corrected chi connectivity index (χ0v) is 10.4. The average Bonchev–Trinajstić information content (AvgIpc) is 3.14. The first-order valence-electron chi connectivity index (χ1n) is 6.68. The first-order chi connectivity index (χ1) is 9.33. The van der Waals surface area contributed by atoms with E-state index >= 15 is 0 Å². The Morgan fingerprint density at radius 2 is 2.11 bits per heavy atom. The smallest absolute Gasteiger partial charge is 0.231 e. The van der Waals surface area contributed by atoms with Gasteiger partial charge in [-0.15, -0.1) is 0 Å². The molecule has 0 spiro atoms. The van der Waals surface area contributed by atoms with Crippen LogP contribution in [0.15, 0.2) is 23.1 Å². The molecule has 2 bridgehead atoms. The topological polar surface area (TPSA) is 90.7 Å². The molecule has 4 atom stereocenters. The summed E-state index contributed by atoms with van der Waals surface area (Å²) in [6, 6.07) is 0.161. The van der Waals surface area contributed by atoms with Crippen LogP contribution in [0.3, 0.4) is 0 Å². The molecule has 2 aromatic heterocycles. The molecule has 2 fully saturated rings. The molecular formula is C13H15N5O. The van der Waals surface area contributed by atoms with Gasteiger partial charge in [0.05, 0.1) is 12.1 Å². The van der Waals surface area contributed by atoms with Crippen LogP contribution in [0.25, 0.3) is 11.5 Å². The first kappa shape index (κ1) is 11.0. The summed E-state index contributed by atoms with van der Waals surface area (Å²) in [5, 5.41) is 4.00. The number of rotatable bonds is 2. The van der Waals surface area contributed by atoms with Crippen LogP contribution < -0.4 is 5.73 Å². The van der Waals surface area contributed by atoms with Crippen LogP contribution in [-0.4, -0.2) is 26.2 Å². The summed E-state index contributed by atoms with van der Waals surface area (Å²) in [6.45, 7) is 0. The summed E-state index contributed by atoms with van der Waals surface area (Å²) in [6.07, 6.45) is 8.55. The van der Waals surface area contributed by atoms with E-state index in [9.17, 15) is 0 Å². The Hall–Kier alpha value is -1.82. The van der Waals surface area contributed by atoms with Crippen LogP contribution in [0.1, 0.15) is 31.1 Å². The fourth-order valence-electron chi connectivity index (χ4n) is 3.59. The van der Waals surface area contributed by atoms with Crippen LogP contribution in [0.5, 0.6) is 0 Å². The maximum Gasteiger partial charge on any atom is 0.231 e. The number of hydrogen-bond acceptors (Lipinski definition) is 6. The van der Waals surface area contributed by atoms with Crippen molar-refractivity contribution in [3.8, 4) is 11.5 Å². The lowest BCUT2D eigenvalue weighted by Crippen LogP contribution is -2.34. The molecule has 2 heterocycles.